The summed E-state index contributed by atoms with van der Waals surface area (Å²) in [5, 5.41) is 2.82. The van der Waals surface area contributed by atoms with E-state index in [9.17, 15) is 9.59 Å². The second kappa shape index (κ2) is 7.51. The number of nitrogens with one attached hydrogen (secondary N) is 1. The van der Waals surface area contributed by atoms with Gasteiger partial charge in [0.25, 0.3) is 0 Å². The first-order valence-corrected chi connectivity index (χ1v) is 8.35. The Balaban J connectivity index is 1.84. The van der Waals surface area contributed by atoms with Gasteiger partial charge in [-0.15, -0.1) is 0 Å². The first kappa shape index (κ1) is 17.8. The smallest absolute Gasteiger partial charge is 0.230 e. The molecule has 0 radical (unpaired) electrons. The number of amides is 2. The third kappa shape index (κ3) is 3.40. The van der Waals surface area contributed by atoms with E-state index in [1.165, 1.54) is 0 Å². The molecule has 1 fully saturated rings. The summed E-state index contributed by atoms with van der Waals surface area (Å²) in [6, 6.07) is 7.14. The predicted molar refractivity (Wildman–Crippen MR) is 91.4 cm³/mol. The molecule has 7 heteroatoms. The fourth-order valence-electron chi connectivity index (χ4n) is 3.63. The molecule has 0 aromatic heterocycles. The highest BCUT2D eigenvalue weighted by Gasteiger charge is 2.41. The fourth-order valence-corrected chi connectivity index (χ4v) is 3.63. The van der Waals surface area contributed by atoms with Gasteiger partial charge in [-0.2, -0.15) is 0 Å². The molecule has 2 aliphatic rings. The molecule has 0 aliphatic carbocycles. The highest BCUT2D eigenvalue weighted by Crippen LogP contribution is 2.34. The lowest BCUT2D eigenvalue weighted by atomic mass is 9.88. The molecule has 0 saturated carbocycles. The summed E-state index contributed by atoms with van der Waals surface area (Å²) in [4.78, 5) is 26.8. The maximum Gasteiger partial charge on any atom is 0.230 e. The van der Waals surface area contributed by atoms with Crippen molar-refractivity contribution < 1.29 is 23.8 Å². The van der Waals surface area contributed by atoms with Crippen LogP contribution in [0.3, 0.4) is 0 Å². The van der Waals surface area contributed by atoms with E-state index in [1.807, 2.05) is 24.3 Å². The van der Waals surface area contributed by atoms with Crippen LogP contribution in [0, 0.1) is 0 Å². The Bertz CT molecular complexity index is 650. The molecule has 2 heterocycles. The molecule has 4 atom stereocenters. The van der Waals surface area contributed by atoms with Crippen molar-refractivity contribution in [1.29, 1.82) is 0 Å². The lowest BCUT2D eigenvalue weighted by Crippen LogP contribution is -2.58. The summed E-state index contributed by atoms with van der Waals surface area (Å²) in [5.74, 6) is -0.770. The molecular weight excluding hydrogens is 324 g/mol. The van der Waals surface area contributed by atoms with Crippen molar-refractivity contribution in [3.8, 4) is 0 Å². The first-order chi connectivity index (χ1) is 12.1. The van der Waals surface area contributed by atoms with Crippen LogP contribution in [0.5, 0.6) is 0 Å². The van der Waals surface area contributed by atoms with Gasteiger partial charge < -0.3 is 24.4 Å². The molecule has 0 bridgehead atoms. The largest absolute Gasteiger partial charge is 0.376 e. The van der Waals surface area contributed by atoms with Crippen molar-refractivity contribution >= 4 is 17.5 Å². The van der Waals surface area contributed by atoms with Crippen LogP contribution in [-0.4, -0.2) is 69.4 Å². The number of hydrogen-bond acceptors (Lipinski definition) is 5. The number of hydrogen-bond donors (Lipinski definition) is 1. The summed E-state index contributed by atoms with van der Waals surface area (Å²) in [7, 11) is 4.94. The van der Waals surface area contributed by atoms with Gasteiger partial charge in [0.05, 0.1) is 25.2 Å². The van der Waals surface area contributed by atoms with Crippen LogP contribution in [0.1, 0.15) is 17.9 Å². The number of ether oxygens (including phenoxy) is 3. The number of carbonyl (C=O) groups is 2. The maximum atomic E-state index is 13.2. The lowest BCUT2D eigenvalue weighted by Gasteiger charge is -2.42. The highest BCUT2D eigenvalue weighted by molar-refractivity contribution is 6.01. The van der Waals surface area contributed by atoms with Crippen LogP contribution in [-0.2, 0) is 23.8 Å². The van der Waals surface area contributed by atoms with Crippen LogP contribution in [0.25, 0.3) is 0 Å². The summed E-state index contributed by atoms with van der Waals surface area (Å²) in [6.45, 7) is 0.809. The zero-order valence-corrected chi connectivity index (χ0v) is 14.7. The monoisotopic (exact) mass is 348 g/mol. The summed E-state index contributed by atoms with van der Waals surface area (Å²) < 4.78 is 16.6. The van der Waals surface area contributed by atoms with E-state index in [4.69, 9.17) is 14.2 Å². The zero-order valence-electron chi connectivity index (χ0n) is 14.7. The Labute approximate surface area is 147 Å². The molecule has 3 rings (SSSR count). The number of anilines is 1. The van der Waals surface area contributed by atoms with Crippen molar-refractivity contribution in [2.45, 2.75) is 30.6 Å². The van der Waals surface area contributed by atoms with E-state index in [1.54, 1.807) is 26.2 Å². The van der Waals surface area contributed by atoms with Crippen molar-refractivity contribution in [1.82, 2.24) is 4.90 Å². The van der Waals surface area contributed by atoms with Gasteiger partial charge in [-0.05, 0) is 11.6 Å². The number of carbonyl (C=O) groups excluding carboxylic acids is 2. The lowest BCUT2D eigenvalue weighted by molar-refractivity contribution is -0.165. The van der Waals surface area contributed by atoms with E-state index in [0.717, 1.165) is 5.56 Å². The number of nitrogens with zero attached hydrogens (tertiary/aromatic N) is 1. The molecular formula is C18H24N2O5. The minimum Gasteiger partial charge on any atom is -0.376 e. The molecule has 0 spiro atoms. The molecule has 1 N–H and O–H groups in total. The minimum atomic E-state index is -0.504. The molecule has 25 heavy (non-hydrogen) atoms. The Morgan fingerprint density at radius 1 is 1.24 bits per heavy atom. The number of fused-ring (bicyclic) bond motifs is 1. The molecule has 0 unspecified atom stereocenters. The number of methoxy groups -OCH3 is 2. The first-order valence-electron chi connectivity index (χ1n) is 8.35. The number of rotatable bonds is 4. The van der Waals surface area contributed by atoms with Gasteiger partial charge in [-0.25, -0.2) is 0 Å². The average Bonchev–Trinajstić information content (AvgIpc) is 2.65. The van der Waals surface area contributed by atoms with Gasteiger partial charge in [-0.1, -0.05) is 18.2 Å². The Morgan fingerprint density at radius 2 is 2.00 bits per heavy atom. The van der Waals surface area contributed by atoms with Gasteiger partial charge in [-0.3, -0.25) is 9.59 Å². The van der Waals surface area contributed by atoms with E-state index in [0.29, 0.717) is 18.9 Å². The molecule has 2 aliphatic heterocycles. The summed E-state index contributed by atoms with van der Waals surface area (Å²) in [6.07, 6.45) is -0.375. The quantitative estimate of drug-likeness (QED) is 0.878. The van der Waals surface area contributed by atoms with Crippen molar-refractivity contribution in [3.05, 3.63) is 29.8 Å². The summed E-state index contributed by atoms with van der Waals surface area (Å²) >= 11 is 0. The van der Waals surface area contributed by atoms with Crippen molar-refractivity contribution in [2.75, 3.05) is 39.8 Å². The third-order valence-corrected chi connectivity index (χ3v) is 5.03. The van der Waals surface area contributed by atoms with Crippen LogP contribution >= 0.6 is 0 Å². The number of para-hydroxylation sites is 1. The highest BCUT2D eigenvalue weighted by atomic mass is 16.6. The molecule has 7 nitrogen and oxygen atoms in total. The van der Waals surface area contributed by atoms with Crippen LogP contribution in [0.4, 0.5) is 5.69 Å². The van der Waals surface area contributed by atoms with Crippen LogP contribution < -0.4 is 5.32 Å². The van der Waals surface area contributed by atoms with Crippen molar-refractivity contribution in [2.24, 2.45) is 0 Å². The SMILES string of the molecule is CO[C@H]1[C@H](N(C)C(=O)[C@@H]2CC(=O)Nc3ccccc32)COC[C@H]1OC. The van der Waals surface area contributed by atoms with Gasteiger partial charge in [0.15, 0.2) is 0 Å². The maximum absolute atomic E-state index is 13.2. The molecule has 136 valence electrons. The standard InChI is InChI=1S/C18H24N2O5/c1-20(14-9-25-10-15(23-2)17(14)24-3)18(22)12-8-16(21)19-13-7-5-4-6-11(12)13/h4-7,12,14-15,17H,8-10H2,1-3H3,(H,19,21)/t12-,14-,15-,17+/m1/s1. The van der Waals surface area contributed by atoms with E-state index in [-0.39, 0.29) is 36.5 Å². The fraction of sp³-hybridized carbons (Fsp3) is 0.556. The Kier molecular flexibility index (Phi) is 5.36. The molecule has 1 aromatic carbocycles. The van der Waals surface area contributed by atoms with Crippen LogP contribution in [0.2, 0.25) is 0 Å². The molecule has 1 saturated heterocycles. The normalized spacial score (nSPS) is 28.8. The van der Waals surface area contributed by atoms with E-state index >= 15 is 0 Å². The van der Waals surface area contributed by atoms with Crippen LogP contribution in [0.15, 0.2) is 24.3 Å². The summed E-state index contributed by atoms with van der Waals surface area (Å²) in [5.41, 5.74) is 1.54. The molecule has 1 aromatic rings. The number of benzene rings is 1. The van der Waals surface area contributed by atoms with E-state index in [2.05, 4.69) is 5.32 Å². The average molecular weight is 348 g/mol. The predicted octanol–water partition coefficient (Wildman–Crippen LogP) is 1.000. The Hall–Kier alpha value is -1.96. The molecule has 2 amide bonds. The zero-order chi connectivity index (χ0) is 18.0. The van der Waals surface area contributed by atoms with Gasteiger partial charge >= 0.3 is 0 Å². The number of likely N-dealkylation sites (N-methyl/N-ethyl adjacent to an activating group) is 1. The van der Waals surface area contributed by atoms with Crippen molar-refractivity contribution in [3.63, 3.8) is 0 Å². The minimum absolute atomic E-state index is 0.116. The van der Waals surface area contributed by atoms with Gasteiger partial charge in [0.1, 0.15) is 12.2 Å². The Morgan fingerprint density at radius 3 is 2.72 bits per heavy atom. The second-order valence-electron chi connectivity index (χ2n) is 6.42. The van der Waals surface area contributed by atoms with E-state index < -0.39 is 5.92 Å². The van der Waals surface area contributed by atoms with Gasteiger partial charge in [0, 0.05) is 33.4 Å². The third-order valence-electron chi connectivity index (χ3n) is 5.03. The topological polar surface area (TPSA) is 77.1 Å². The van der Waals surface area contributed by atoms with Gasteiger partial charge in [0.2, 0.25) is 11.8 Å². The second-order valence-corrected chi connectivity index (χ2v) is 6.42.